The minimum absolute atomic E-state index is 0.207. The summed E-state index contributed by atoms with van der Waals surface area (Å²) in [6, 6.07) is 0. The van der Waals surface area contributed by atoms with Gasteiger partial charge in [0.25, 0.3) is 0 Å². The van der Waals surface area contributed by atoms with E-state index in [9.17, 15) is 5.11 Å². The van der Waals surface area contributed by atoms with E-state index in [4.69, 9.17) is 4.74 Å². The van der Waals surface area contributed by atoms with Crippen molar-refractivity contribution < 1.29 is 9.84 Å². The topological polar surface area (TPSA) is 32.8 Å². The highest BCUT2D eigenvalue weighted by Gasteiger charge is 2.34. The van der Waals surface area contributed by atoms with Crippen molar-refractivity contribution in [3.8, 4) is 0 Å². The molecule has 1 saturated heterocycles. The van der Waals surface area contributed by atoms with Gasteiger partial charge in [-0.15, -0.1) is 0 Å². The summed E-state index contributed by atoms with van der Waals surface area (Å²) >= 11 is 0. The van der Waals surface area contributed by atoms with Crippen molar-refractivity contribution in [3.63, 3.8) is 0 Å². The molecule has 1 aliphatic rings. The number of rotatable bonds is 13. The molecule has 2 nitrogen and oxygen atoms in total. The first-order valence-electron chi connectivity index (χ1n) is 9.09. The summed E-state index contributed by atoms with van der Waals surface area (Å²) in [7, 11) is 0. The molecule has 1 fully saturated rings. The number of aliphatic hydroxyl groups excluding tert-OH is 1. The molecule has 1 heterocycles. The fourth-order valence-corrected chi connectivity index (χ4v) is 2.37. The Morgan fingerprint density at radius 1 is 0.955 bits per heavy atom. The first kappa shape index (κ1) is 19.2. The van der Waals surface area contributed by atoms with Crippen LogP contribution < -0.4 is 0 Å². The smallest absolute Gasteiger partial charge is 0.103 e. The van der Waals surface area contributed by atoms with Crippen molar-refractivity contribution in [3.05, 3.63) is 36.5 Å². The number of allylic oxidation sites excluding steroid dienone is 2. The lowest BCUT2D eigenvalue weighted by atomic mass is 10.1. The molecule has 126 valence electrons. The van der Waals surface area contributed by atoms with Crippen LogP contribution in [0, 0.1) is 0 Å². The van der Waals surface area contributed by atoms with Crippen molar-refractivity contribution >= 4 is 0 Å². The third-order valence-corrected chi connectivity index (χ3v) is 3.92. The maximum Gasteiger partial charge on any atom is 0.103 e. The molecule has 0 aromatic rings. The Morgan fingerprint density at radius 3 is 2.45 bits per heavy atom. The first-order chi connectivity index (χ1) is 10.8. The van der Waals surface area contributed by atoms with E-state index < -0.39 is 0 Å². The van der Waals surface area contributed by atoms with Gasteiger partial charge in [-0.3, -0.25) is 0 Å². The van der Waals surface area contributed by atoms with E-state index in [-0.39, 0.29) is 12.2 Å². The number of aliphatic hydroxyl groups is 1. The van der Waals surface area contributed by atoms with Crippen LogP contribution in [0.3, 0.4) is 0 Å². The van der Waals surface area contributed by atoms with Crippen LogP contribution in [0.1, 0.15) is 71.6 Å². The van der Waals surface area contributed by atoms with Crippen LogP contribution in [0.2, 0.25) is 0 Å². The zero-order chi connectivity index (χ0) is 16.0. The van der Waals surface area contributed by atoms with Crippen molar-refractivity contribution in [1.29, 1.82) is 0 Å². The van der Waals surface area contributed by atoms with Gasteiger partial charge in [-0.1, -0.05) is 76.0 Å². The molecule has 0 amide bonds. The van der Waals surface area contributed by atoms with Gasteiger partial charge in [0, 0.05) is 0 Å². The SMILES string of the molecule is CCCC/C=C/CC(O)/C=C/C1OC1C/C=C/CCCCC. The van der Waals surface area contributed by atoms with Crippen LogP contribution in [0.25, 0.3) is 0 Å². The molecular weight excluding hydrogens is 272 g/mol. The zero-order valence-electron chi connectivity index (χ0n) is 14.4. The van der Waals surface area contributed by atoms with Crippen LogP contribution in [-0.2, 0) is 4.74 Å². The Bertz CT molecular complexity index is 344. The van der Waals surface area contributed by atoms with Gasteiger partial charge in [0.15, 0.2) is 0 Å². The van der Waals surface area contributed by atoms with E-state index in [0.29, 0.717) is 12.5 Å². The fraction of sp³-hybridized carbons (Fsp3) is 0.700. The quantitative estimate of drug-likeness (QED) is 0.283. The average molecular weight is 306 g/mol. The summed E-state index contributed by atoms with van der Waals surface area (Å²) in [6.45, 7) is 4.42. The molecule has 0 bridgehead atoms. The minimum Gasteiger partial charge on any atom is -0.389 e. The molecule has 1 aliphatic heterocycles. The van der Waals surface area contributed by atoms with Gasteiger partial charge in [-0.25, -0.2) is 0 Å². The predicted molar refractivity (Wildman–Crippen MR) is 95.0 cm³/mol. The predicted octanol–water partition coefficient (Wildman–Crippen LogP) is 5.33. The van der Waals surface area contributed by atoms with Gasteiger partial charge in [0.2, 0.25) is 0 Å². The number of ether oxygens (including phenoxy) is 1. The van der Waals surface area contributed by atoms with Gasteiger partial charge in [-0.05, 0) is 32.1 Å². The molecule has 3 unspecified atom stereocenters. The summed E-state index contributed by atoms with van der Waals surface area (Å²) in [5.41, 5.74) is 0. The fourth-order valence-electron chi connectivity index (χ4n) is 2.37. The first-order valence-corrected chi connectivity index (χ1v) is 9.09. The van der Waals surface area contributed by atoms with Gasteiger partial charge in [-0.2, -0.15) is 0 Å². The molecular formula is C20H34O2. The highest BCUT2D eigenvalue weighted by atomic mass is 16.6. The molecule has 0 spiro atoms. The van der Waals surface area contributed by atoms with E-state index >= 15 is 0 Å². The summed E-state index contributed by atoms with van der Waals surface area (Å²) < 4.78 is 5.59. The third-order valence-electron chi connectivity index (χ3n) is 3.92. The molecule has 3 atom stereocenters. The van der Waals surface area contributed by atoms with Crippen molar-refractivity contribution in [2.45, 2.75) is 89.9 Å². The van der Waals surface area contributed by atoms with Crippen LogP contribution in [-0.4, -0.2) is 23.4 Å². The van der Waals surface area contributed by atoms with E-state index in [0.717, 1.165) is 12.8 Å². The molecule has 0 saturated carbocycles. The molecule has 1 N–H and O–H groups in total. The number of epoxide rings is 1. The summed E-state index contributed by atoms with van der Waals surface area (Å²) in [6.07, 6.45) is 23.1. The standard InChI is InChI=1S/C20H34O2/c1-3-5-7-9-11-13-15-19-20(22-19)17-16-18(21)14-12-10-8-6-4-2/h10-13,16-21H,3-9,14-15H2,1-2H3/b12-10+,13-11+,17-16+. The van der Waals surface area contributed by atoms with Gasteiger partial charge in [0.05, 0.1) is 12.2 Å². The lowest BCUT2D eigenvalue weighted by Gasteiger charge is -1.99. The normalized spacial score (nSPS) is 23.0. The second-order valence-corrected chi connectivity index (χ2v) is 6.14. The van der Waals surface area contributed by atoms with Crippen LogP contribution >= 0.6 is 0 Å². The average Bonchev–Trinajstić information content (AvgIpc) is 3.27. The number of hydrogen-bond acceptors (Lipinski definition) is 2. The highest BCUT2D eigenvalue weighted by molar-refractivity contribution is 5.07. The van der Waals surface area contributed by atoms with Gasteiger partial charge >= 0.3 is 0 Å². The second-order valence-electron chi connectivity index (χ2n) is 6.14. The molecule has 0 radical (unpaired) electrons. The van der Waals surface area contributed by atoms with Crippen molar-refractivity contribution in [2.24, 2.45) is 0 Å². The molecule has 0 aromatic heterocycles. The molecule has 2 heteroatoms. The molecule has 22 heavy (non-hydrogen) atoms. The molecule has 1 rings (SSSR count). The van der Waals surface area contributed by atoms with E-state index in [1.807, 2.05) is 12.2 Å². The molecule has 0 aliphatic carbocycles. The van der Waals surface area contributed by atoms with Crippen LogP contribution in [0.15, 0.2) is 36.5 Å². The minimum atomic E-state index is -0.382. The maximum absolute atomic E-state index is 9.86. The summed E-state index contributed by atoms with van der Waals surface area (Å²) in [4.78, 5) is 0. The Morgan fingerprint density at radius 2 is 1.68 bits per heavy atom. The Kier molecular flexibility index (Phi) is 11.0. The zero-order valence-corrected chi connectivity index (χ0v) is 14.4. The highest BCUT2D eigenvalue weighted by Crippen LogP contribution is 2.27. The molecule has 0 aromatic carbocycles. The second kappa shape index (κ2) is 12.7. The Balaban J connectivity index is 2.04. The van der Waals surface area contributed by atoms with Crippen LogP contribution in [0.4, 0.5) is 0 Å². The monoisotopic (exact) mass is 306 g/mol. The van der Waals surface area contributed by atoms with E-state index in [1.165, 1.54) is 38.5 Å². The lowest BCUT2D eigenvalue weighted by molar-refractivity contribution is 0.226. The lowest BCUT2D eigenvalue weighted by Crippen LogP contribution is -2.00. The van der Waals surface area contributed by atoms with Crippen molar-refractivity contribution in [2.75, 3.05) is 0 Å². The van der Waals surface area contributed by atoms with E-state index in [1.54, 1.807) is 0 Å². The third kappa shape index (κ3) is 9.97. The Labute approximate surface area is 137 Å². The largest absolute Gasteiger partial charge is 0.389 e. The van der Waals surface area contributed by atoms with E-state index in [2.05, 4.69) is 38.2 Å². The Hall–Kier alpha value is -0.860. The van der Waals surface area contributed by atoms with Gasteiger partial charge < -0.3 is 9.84 Å². The number of hydrogen-bond donors (Lipinski definition) is 1. The summed E-state index contributed by atoms with van der Waals surface area (Å²) in [5, 5.41) is 9.86. The summed E-state index contributed by atoms with van der Waals surface area (Å²) in [5.74, 6) is 0. The van der Waals surface area contributed by atoms with Crippen LogP contribution in [0.5, 0.6) is 0 Å². The van der Waals surface area contributed by atoms with Gasteiger partial charge in [0.1, 0.15) is 6.10 Å². The van der Waals surface area contributed by atoms with Crippen molar-refractivity contribution in [1.82, 2.24) is 0 Å². The number of unbranched alkanes of at least 4 members (excludes halogenated alkanes) is 5. The maximum atomic E-state index is 9.86.